The van der Waals surface area contributed by atoms with Gasteiger partial charge in [0.05, 0.1) is 5.69 Å². The molecule has 0 aliphatic carbocycles. The number of alkyl halides is 1. The van der Waals surface area contributed by atoms with Crippen LogP contribution in [0.5, 0.6) is 0 Å². The van der Waals surface area contributed by atoms with Gasteiger partial charge in [-0.3, -0.25) is 4.57 Å². The van der Waals surface area contributed by atoms with E-state index >= 15 is 0 Å². The lowest BCUT2D eigenvalue weighted by Gasteiger charge is -2.29. The molecule has 150 valence electrons. The molecule has 0 fully saturated rings. The van der Waals surface area contributed by atoms with Crippen LogP contribution in [0.3, 0.4) is 0 Å². The topological polar surface area (TPSA) is 30.7 Å². The van der Waals surface area contributed by atoms with Crippen molar-refractivity contribution in [3.8, 4) is 17.1 Å². The van der Waals surface area contributed by atoms with Gasteiger partial charge in [-0.25, -0.2) is 4.39 Å². The van der Waals surface area contributed by atoms with E-state index in [0.717, 1.165) is 39.6 Å². The van der Waals surface area contributed by atoms with Crippen molar-refractivity contribution in [2.24, 2.45) is 0 Å². The molecule has 2 aromatic carbocycles. The van der Waals surface area contributed by atoms with Gasteiger partial charge in [0.15, 0.2) is 5.82 Å². The van der Waals surface area contributed by atoms with Crippen LogP contribution < -0.4 is 0 Å². The Bertz CT molecular complexity index is 919. The molecule has 3 aromatic rings. The molecule has 3 rings (SSSR count). The highest BCUT2D eigenvalue weighted by atomic mass is 19.1. The number of rotatable bonds is 4. The van der Waals surface area contributed by atoms with Crippen molar-refractivity contribution in [3.63, 3.8) is 0 Å². The molecule has 0 amide bonds. The van der Waals surface area contributed by atoms with Gasteiger partial charge >= 0.3 is 0 Å². The zero-order valence-corrected chi connectivity index (χ0v) is 18.3. The molecule has 0 unspecified atom stereocenters. The van der Waals surface area contributed by atoms with Gasteiger partial charge in [-0.1, -0.05) is 70.2 Å². The summed E-state index contributed by atoms with van der Waals surface area (Å²) in [7, 11) is 0. The maximum Gasteiger partial charge on any atom is 0.168 e. The molecule has 1 aromatic heterocycles. The van der Waals surface area contributed by atoms with E-state index in [4.69, 9.17) is 0 Å². The first-order valence-corrected chi connectivity index (χ1v) is 9.97. The Morgan fingerprint density at radius 2 is 1.46 bits per heavy atom. The molecule has 3 nitrogen and oxygen atoms in total. The summed E-state index contributed by atoms with van der Waals surface area (Å²) in [6.45, 7) is 15.6. The highest BCUT2D eigenvalue weighted by Gasteiger charge is 2.32. The van der Waals surface area contributed by atoms with Crippen molar-refractivity contribution in [3.05, 3.63) is 65.0 Å². The van der Waals surface area contributed by atoms with Crippen molar-refractivity contribution in [1.29, 1.82) is 0 Å². The molecule has 0 aliphatic rings. The van der Waals surface area contributed by atoms with Crippen molar-refractivity contribution in [1.82, 2.24) is 14.8 Å². The Kier molecular flexibility index (Phi) is 6.76. The smallest absolute Gasteiger partial charge is 0.168 e. The first-order valence-electron chi connectivity index (χ1n) is 9.97. The summed E-state index contributed by atoms with van der Waals surface area (Å²) in [5.41, 5.74) is 4.64. The fourth-order valence-corrected chi connectivity index (χ4v) is 3.42. The Morgan fingerprint density at radius 1 is 0.893 bits per heavy atom. The van der Waals surface area contributed by atoms with E-state index in [2.05, 4.69) is 46.8 Å². The van der Waals surface area contributed by atoms with Crippen LogP contribution in [0, 0.1) is 20.8 Å². The summed E-state index contributed by atoms with van der Waals surface area (Å²) in [5, 5.41) is 8.81. The summed E-state index contributed by atoms with van der Waals surface area (Å²) >= 11 is 0. The molecule has 0 N–H and O–H groups in total. The Balaban J connectivity index is 0.00000136. The third kappa shape index (κ3) is 3.87. The molecule has 0 aliphatic heterocycles. The average molecular weight is 382 g/mol. The Labute approximate surface area is 168 Å². The maximum atomic E-state index is 14.4. The molecule has 1 atom stereocenters. The first kappa shape index (κ1) is 21.8. The van der Waals surface area contributed by atoms with E-state index in [9.17, 15) is 4.39 Å². The Hall–Kier alpha value is -2.49. The largest absolute Gasteiger partial charge is 0.279 e. The van der Waals surface area contributed by atoms with Crippen LogP contribution in [0.1, 0.15) is 57.1 Å². The number of nitrogens with zero attached hydrogens (tertiary/aromatic N) is 3. The molecular formula is C24H32FN3. The second-order valence-corrected chi connectivity index (χ2v) is 7.53. The van der Waals surface area contributed by atoms with Crippen LogP contribution in [0.25, 0.3) is 17.1 Å². The zero-order valence-electron chi connectivity index (χ0n) is 18.3. The van der Waals surface area contributed by atoms with Crippen LogP contribution in [0.4, 0.5) is 4.39 Å². The van der Waals surface area contributed by atoms with E-state index < -0.39 is 11.6 Å². The van der Waals surface area contributed by atoms with Crippen molar-refractivity contribution >= 4 is 0 Å². The van der Waals surface area contributed by atoms with E-state index in [-0.39, 0.29) is 0 Å². The Morgan fingerprint density at radius 3 is 2.04 bits per heavy atom. The minimum absolute atomic E-state index is 0.623. The van der Waals surface area contributed by atoms with Gasteiger partial charge in [0, 0.05) is 11.0 Å². The van der Waals surface area contributed by atoms with E-state index in [1.165, 1.54) is 0 Å². The predicted molar refractivity (Wildman–Crippen MR) is 116 cm³/mol. The standard InChI is InChI=1S/C22H26FN3.C2H6/c1-14-10-9-11-15(2)20(14)26-17(4)24-25-21(26)18-12-7-8-13-19(18)22(5,6)16(3)23;1-2/h7-13,16H,1-6H3;1-2H3/t16-;/m1./s1. The zero-order chi connectivity index (χ0) is 21.1. The second kappa shape index (κ2) is 8.68. The maximum absolute atomic E-state index is 14.4. The van der Waals surface area contributed by atoms with Crippen LogP contribution in [0.15, 0.2) is 42.5 Å². The number of benzene rings is 2. The monoisotopic (exact) mass is 381 g/mol. The average Bonchev–Trinajstić information content (AvgIpc) is 3.04. The fourth-order valence-electron chi connectivity index (χ4n) is 3.42. The van der Waals surface area contributed by atoms with Crippen LogP contribution in [0.2, 0.25) is 0 Å². The lowest BCUT2D eigenvalue weighted by atomic mass is 9.78. The lowest BCUT2D eigenvalue weighted by molar-refractivity contribution is 0.237. The molecule has 4 heteroatoms. The molecule has 0 saturated heterocycles. The summed E-state index contributed by atoms with van der Waals surface area (Å²) in [4.78, 5) is 0. The van der Waals surface area contributed by atoms with Gasteiger partial charge in [0.2, 0.25) is 0 Å². The van der Waals surface area contributed by atoms with Crippen LogP contribution in [-0.4, -0.2) is 20.9 Å². The fraction of sp³-hybridized carbons (Fsp3) is 0.417. The van der Waals surface area contributed by atoms with Crippen molar-refractivity contribution < 1.29 is 4.39 Å². The molecule has 0 bridgehead atoms. The second-order valence-electron chi connectivity index (χ2n) is 7.53. The number of aryl methyl sites for hydroxylation is 3. The van der Waals surface area contributed by atoms with Gasteiger partial charge in [-0.2, -0.15) is 0 Å². The lowest BCUT2D eigenvalue weighted by Crippen LogP contribution is -2.28. The number of aromatic nitrogens is 3. The summed E-state index contributed by atoms with van der Waals surface area (Å²) in [6.07, 6.45) is -0.985. The molecule has 0 saturated carbocycles. The third-order valence-electron chi connectivity index (χ3n) is 5.34. The van der Waals surface area contributed by atoms with E-state index in [1.54, 1.807) is 6.92 Å². The SMILES string of the molecule is CC.Cc1cccc(C)c1-n1c(C)nnc1-c1ccccc1C(C)(C)[C@@H](C)F. The van der Waals surface area contributed by atoms with E-state index in [1.807, 2.05) is 58.9 Å². The van der Waals surface area contributed by atoms with E-state index in [0.29, 0.717) is 0 Å². The highest BCUT2D eigenvalue weighted by molar-refractivity contribution is 5.66. The quantitative estimate of drug-likeness (QED) is 0.515. The summed E-state index contributed by atoms with van der Waals surface area (Å²) in [6, 6.07) is 14.1. The number of para-hydroxylation sites is 1. The normalized spacial score (nSPS) is 12.3. The summed E-state index contributed by atoms with van der Waals surface area (Å²) < 4.78 is 16.5. The molecule has 28 heavy (non-hydrogen) atoms. The van der Waals surface area contributed by atoms with Gasteiger partial charge in [0.1, 0.15) is 12.0 Å². The van der Waals surface area contributed by atoms with Crippen molar-refractivity contribution in [2.75, 3.05) is 0 Å². The van der Waals surface area contributed by atoms with Gasteiger partial charge in [-0.05, 0) is 44.4 Å². The number of hydrogen-bond acceptors (Lipinski definition) is 2. The summed E-state index contributed by atoms with van der Waals surface area (Å²) in [5.74, 6) is 1.57. The molecule has 0 radical (unpaired) electrons. The number of hydrogen-bond donors (Lipinski definition) is 0. The first-order chi connectivity index (χ1) is 13.2. The molecule has 0 spiro atoms. The third-order valence-corrected chi connectivity index (χ3v) is 5.34. The minimum Gasteiger partial charge on any atom is -0.279 e. The van der Waals surface area contributed by atoms with Gasteiger partial charge in [0.25, 0.3) is 0 Å². The number of halogens is 1. The van der Waals surface area contributed by atoms with Gasteiger partial charge < -0.3 is 0 Å². The minimum atomic E-state index is -0.985. The van der Waals surface area contributed by atoms with Crippen molar-refractivity contribution in [2.45, 2.75) is 67.0 Å². The highest BCUT2D eigenvalue weighted by Crippen LogP contribution is 2.37. The molecule has 1 heterocycles. The van der Waals surface area contributed by atoms with Crippen LogP contribution in [-0.2, 0) is 5.41 Å². The van der Waals surface area contributed by atoms with Gasteiger partial charge in [-0.15, -0.1) is 10.2 Å². The van der Waals surface area contributed by atoms with Crippen LogP contribution >= 0.6 is 0 Å². The predicted octanol–water partition coefficient (Wildman–Crippen LogP) is 6.52. The molecular weight excluding hydrogens is 349 g/mol.